The smallest absolute Gasteiger partial charge is 0.225 e. The Kier molecular flexibility index (Phi) is 5.03. The van der Waals surface area contributed by atoms with Crippen molar-refractivity contribution < 1.29 is 9.52 Å². The van der Waals surface area contributed by atoms with Crippen LogP contribution in [0.1, 0.15) is 35.6 Å². The zero-order valence-corrected chi connectivity index (χ0v) is 15.2. The van der Waals surface area contributed by atoms with Gasteiger partial charge >= 0.3 is 0 Å². The highest BCUT2D eigenvalue weighted by Crippen LogP contribution is 2.31. The topological polar surface area (TPSA) is 46.3 Å². The van der Waals surface area contributed by atoms with Crippen LogP contribution in [-0.4, -0.2) is 10.1 Å². The Labute approximate surface area is 159 Å². The monoisotopic (exact) mass is 357 g/mol. The van der Waals surface area contributed by atoms with Gasteiger partial charge in [0.05, 0.1) is 0 Å². The quantitative estimate of drug-likeness (QED) is 0.669. The van der Waals surface area contributed by atoms with Crippen LogP contribution >= 0.6 is 0 Å². The van der Waals surface area contributed by atoms with Gasteiger partial charge in [-0.15, -0.1) is 0 Å². The van der Waals surface area contributed by atoms with Crippen LogP contribution in [0.3, 0.4) is 0 Å². The molecule has 1 aliphatic rings. The standard InChI is InChI=1S/C24H23NO2/c26-24(16-19-10-4-1-5-11-19,17-20-12-6-2-7-13-20)22-18-27-23(25-22)21-14-8-3-9-15-21/h1-2,4-8,10-15,18,26H,3,9,16-17H2. The molecule has 0 atom stereocenters. The van der Waals surface area contributed by atoms with Crippen molar-refractivity contribution in [1.82, 2.24) is 4.98 Å². The van der Waals surface area contributed by atoms with Crippen LogP contribution in [0.25, 0.3) is 5.57 Å². The average Bonchev–Trinajstić information content (AvgIpc) is 3.21. The molecule has 136 valence electrons. The predicted octanol–water partition coefficient (Wildman–Crippen LogP) is 5.08. The lowest BCUT2D eigenvalue weighted by atomic mass is 9.85. The molecule has 1 aliphatic carbocycles. The van der Waals surface area contributed by atoms with E-state index in [-0.39, 0.29) is 0 Å². The second kappa shape index (κ2) is 7.77. The van der Waals surface area contributed by atoms with Crippen LogP contribution in [0.5, 0.6) is 0 Å². The van der Waals surface area contributed by atoms with E-state index >= 15 is 0 Å². The van der Waals surface area contributed by atoms with E-state index in [4.69, 9.17) is 4.42 Å². The van der Waals surface area contributed by atoms with Gasteiger partial charge in [0.2, 0.25) is 5.89 Å². The number of rotatable bonds is 6. The van der Waals surface area contributed by atoms with E-state index in [1.807, 2.05) is 66.7 Å². The Morgan fingerprint density at radius 3 is 2.07 bits per heavy atom. The summed E-state index contributed by atoms with van der Waals surface area (Å²) in [5.74, 6) is 0.570. The molecule has 3 aromatic rings. The molecule has 2 aromatic carbocycles. The van der Waals surface area contributed by atoms with Gasteiger partial charge in [0.25, 0.3) is 0 Å². The van der Waals surface area contributed by atoms with Crippen molar-refractivity contribution >= 4 is 5.57 Å². The van der Waals surface area contributed by atoms with Gasteiger partial charge in [0.15, 0.2) is 0 Å². The number of hydrogen-bond acceptors (Lipinski definition) is 3. The van der Waals surface area contributed by atoms with Crippen LogP contribution in [0.4, 0.5) is 0 Å². The molecule has 1 heterocycles. The van der Waals surface area contributed by atoms with Crippen molar-refractivity contribution in [1.29, 1.82) is 0 Å². The maximum atomic E-state index is 11.6. The first-order chi connectivity index (χ1) is 13.2. The molecule has 0 bridgehead atoms. The lowest BCUT2D eigenvalue weighted by Crippen LogP contribution is -2.32. The molecule has 27 heavy (non-hydrogen) atoms. The third-order valence-electron chi connectivity index (χ3n) is 4.90. The predicted molar refractivity (Wildman–Crippen MR) is 107 cm³/mol. The van der Waals surface area contributed by atoms with Crippen LogP contribution in [0.15, 0.2) is 89.6 Å². The number of allylic oxidation sites excluding steroid dienone is 4. The fourth-order valence-electron chi connectivity index (χ4n) is 3.50. The van der Waals surface area contributed by atoms with Crippen molar-refractivity contribution in [2.75, 3.05) is 0 Å². The number of benzene rings is 2. The summed E-state index contributed by atoms with van der Waals surface area (Å²) in [7, 11) is 0. The summed E-state index contributed by atoms with van der Waals surface area (Å²) in [6.07, 6.45) is 10.9. The minimum Gasteiger partial charge on any atom is -0.444 e. The van der Waals surface area contributed by atoms with Gasteiger partial charge < -0.3 is 9.52 Å². The molecule has 0 fully saturated rings. The Bertz CT molecular complexity index is 897. The Morgan fingerprint density at radius 1 is 0.889 bits per heavy atom. The molecule has 0 unspecified atom stereocenters. The molecule has 0 aliphatic heterocycles. The molecular formula is C24H23NO2. The lowest BCUT2D eigenvalue weighted by Gasteiger charge is -2.26. The number of aliphatic hydroxyl groups is 1. The van der Waals surface area contributed by atoms with Gasteiger partial charge in [-0.1, -0.05) is 78.9 Å². The maximum absolute atomic E-state index is 11.6. The average molecular weight is 357 g/mol. The van der Waals surface area contributed by atoms with E-state index in [9.17, 15) is 5.11 Å². The molecule has 0 saturated carbocycles. The first kappa shape index (κ1) is 17.5. The molecule has 3 heteroatoms. The number of oxazole rings is 1. The second-order valence-electron chi connectivity index (χ2n) is 7.03. The molecule has 3 nitrogen and oxygen atoms in total. The lowest BCUT2D eigenvalue weighted by molar-refractivity contribution is 0.0326. The summed E-state index contributed by atoms with van der Waals surface area (Å²) in [6, 6.07) is 20.0. The van der Waals surface area contributed by atoms with E-state index in [0.29, 0.717) is 24.4 Å². The third-order valence-corrected chi connectivity index (χ3v) is 4.90. The minimum atomic E-state index is -1.14. The highest BCUT2D eigenvalue weighted by Gasteiger charge is 2.33. The third kappa shape index (κ3) is 4.09. The number of nitrogens with zero attached hydrogens (tertiary/aromatic N) is 1. The second-order valence-corrected chi connectivity index (χ2v) is 7.03. The van der Waals surface area contributed by atoms with Crippen LogP contribution < -0.4 is 0 Å². The SMILES string of the molecule is OC(Cc1ccccc1)(Cc1ccccc1)c1coc(C2=CCCC=C2)n1. The van der Waals surface area contributed by atoms with Crippen molar-refractivity contribution in [3.63, 3.8) is 0 Å². The van der Waals surface area contributed by atoms with Gasteiger partial charge in [-0.2, -0.15) is 0 Å². The normalized spacial score (nSPS) is 14.2. The van der Waals surface area contributed by atoms with Gasteiger partial charge in [-0.25, -0.2) is 4.98 Å². The van der Waals surface area contributed by atoms with Gasteiger partial charge in [0.1, 0.15) is 17.6 Å². The maximum Gasteiger partial charge on any atom is 0.225 e. The van der Waals surface area contributed by atoms with Gasteiger partial charge in [0, 0.05) is 18.4 Å². The van der Waals surface area contributed by atoms with E-state index in [2.05, 4.69) is 17.1 Å². The zero-order valence-electron chi connectivity index (χ0n) is 15.2. The Hall–Kier alpha value is -2.91. The Morgan fingerprint density at radius 2 is 1.52 bits per heavy atom. The van der Waals surface area contributed by atoms with Crippen LogP contribution in [0.2, 0.25) is 0 Å². The summed E-state index contributed by atoms with van der Waals surface area (Å²) in [5, 5.41) is 11.6. The Balaban J connectivity index is 1.68. The molecule has 1 aromatic heterocycles. The molecule has 0 saturated heterocycles. The highest BCUT2D eigenvalue weighted by atomic mass is 16.3. The summed E-state index contributed by atoms with van der Waals surface area (Å²) < 4.78 is 5.74. The number of hydrogen-bond donors (Lipinski definition) is 1. The zero-order chi connectivity index (χ0) is 18.5. The molecule has 1 N–H and O–H groups in total. The first-order valence-electron chi connectivity index (χ1n) is 9.36. The van der Waals surface area contributed by atoms with Crippen LogP contribution in [0, 0.1) is 0 Å². The fourth-order valence-corrected chi connectivity index (χ4v) is 3.50. The summed E-state index contributed by atoms with van der Waals surface area (Å²) in [4.78, 5) is 4.66. The van der Waals surface area contributed by atoms with Gasteiger partial charge in [-0.3, -0.25) is 0 Å². The van der Waals surface area contributed by atoms with E-state index in [1.165, 1.54) is 0 Å². The van der Waals surface area contributed by atoms with Gasteiger partial charge in [-0.05, 0) is 24.0 Å². The van der Waals surface area contributed by atoms with E-state index in [1.54, 1.807) is 6.26 Å². The summed E-state index contributed by atoms with van der Waals surface area (Å²) in [5.41, 5.74) is 2.55. The highest BCUT2D eigenvalue weighted by molar-refractivity contribution is 5.69. The largest absolute Gasteiger partial charge is 0.444 e. The number of aromatic nitrogens is 1. The first-order valence-corrected chi connectivity index (χ1v) is 9.36. The molecule has 0 amide bonds. The summed E-state index contributed by atoms with van der Waals surface area (Å²) in [6.45, 7) is 0. The van der Waals surface area contributed by atoms with E-state index in [0.717, 1.165) is 29.5 Å². The van der Waals surface area contributed by atoms with Crippen molar-refractivity contribution in [3.8, 4) is 0 Å². The summed E-state index contributed by atoms with van der Waals surface area (Å²) >= 11 is 0. The molecule has 0 spiro atoms. The molecule has 0 radical (unpaired) electrons. The van der Waals surface area contributed by atoms with Crippen LogP contribution in [-0.2, 0) is 18.4 Å². The fraction of sp³-hybridized carbons (Fsp3) is 0.208. The molecule has 4 rings (SSSR count). The van der Waals surface area contributed by atoms with Crippen molar-refractivity contribution in [2.24, 2.45) is 0 Å². The minimum absolute atomic E-state index is 0.476. The van der Waals surface area contributed by atoms with E-state index < -0.39 is 5.60 Å². The van der Waals surface area contributed by atoms with Crippen molar-refractivity contribution in [3.05, 3.63) is 108 Å². The van der Waals surface area contributed by atoms with Crippen molar-refractivity contribution in [2.45, 2.75) is 31.3 Å². The molecular weight excluding hydrogens is 334 g/mol.